The number of aromatic nitrogens is 1. The number of methoxy groups -OCH3 is 1. The van der Waals surface area contributed by atoms with E-state index in [2.05, 4.69) is 50.8 Å². The largest absolute Gasteiger partial charge is 0.497 e. The summed E-state index contributed by atoms with van der Waals surface area (Å²) >= 11 is 3.84. The molecule has 0 unspecified atom stereocenters. The fourth-order valence-corrected chi connectivity index (χ4v) is 6.11. The number of carbonyl (C=O) groups is 1. The third-order valence-electron chi connectivity index (χ3n) is 7.48. The van der Waals surface area contributed by atoms with Crippen molar-refractivity contribution in [1.29, 1.82) is 0 Å². The van der Waals surface area contributed by atoms with Gasteiger partial charge in [0.2, 0.25) is 0 Å². The van der Waals surface area contributed by atoms with Crippen LogP contribution in [0.3, 0.4) is 0 Å². The summed E-state index contributed by atoms with van der Waals surface area (Å²) < 4.78 is 14.4. The zero-order valence-corrected chi connectivity index (χ0v) is 21.1. The van der Waals surface area contributed by atoms with E-state index in [1.807, 2.05) is 19.1 Å². The number of esters is 1. The molecule has 4 nitrogen and oxygen atoms in total. The summed E-state index contributed by atoms with van der Waals surface area (Å²) in [6.45, 7) is 2.98. The van der Waals surface area contributed by atoms with Gasteiger partial charge in [0.15, 0.2) is 0 Å². The van der Waals surface area contributed by atoms with Crippen LogP contribution in [-0.2, 0) is 16.1 Å². The van der Waals surface area contributed by atoms with Crippen molar-refractivity contribution in [3.63, 3.8) is 0 Å². The van der Waals surface area contributed by atoms with Gasteiger partial charge >= 0.3 is 5.97 Å². The number of hydrogen-bond donors (Lipinski definition) is 0. The second kappa shape index (κ2) is 9.17. The molecule has 0 atom stereocenters. The Labute approximate surface area is 204 Å². The summed E-state index contributed by atoms with van der Waals surface area (Å²) in [6, 6.07) is 15.0. The van der Waals surface area contributed by atoms with Crippen molar-refractivity contribution in [2.75, 3.05) is 13.7 Å². The third kappa shape index (κ3) is 4.09. The molecule has 33 heavy (non-hydrogen) atoms. The molecule has 0 bridgehead atoms. The van der Waals surface area contributed by atoms with E-state index in [-0.39, 0.29) is 5.97 Å². The van der Waals surface area contributed by atoms with Crippen molar-refractivity contribution in [3.05, 3.63) is 52.5 Å². The molecule has 2 saturated carbocycles. The zero-order valence-electron chi connectivity index (χ0n) is 19.5. The average Bonchev–Trinajstić information content (AvgIpc) is 3.56. The van der Waals surface area contributed by atoms with Crippen LogP contribution >= 0.6 is 15.9 Å². The average molecular weight is 510 g/mol. The Morgan fingerprint density at radius 1 is 1.12 bits per heavy atom. The van der Waals surface area contributed by atoms with Gasteiger partial charge in [0.05, 0.1) is 24.8 Å². The lowest BCUT2D eigenvalue weighted by Crippen LogP contribution is -2.25. The summed E-state index contributed by atoms with van der Waals surface area (Å²) in [5, 5.41) is 1.32. The normalized spacial score (nSPS) is 17.8. The van der Waals surface area contributed by atoms with E-state index in [4.69, 9.17) is 9.47 Å². The van der Waals surface area contributed by atoms with Gasteiger partial charge in [-0.3, -0.25) is 4.79 Å². The molecule has 2 fully saturated rings. The molecule has 2 aliphatic carbocycles. The van der Waals surface area contributed by atoms with Gasteiger partial charge in [-0.1, -0.05) is 37.5 Å². The first kappa shape index (κ1) is 22.5. The number of nitrogens with zero attached hydrogens (tertiary/aromatic N) is 1. The Hall–Kier alpha value is -2.27. The number of ether oxygens (including phenoxy) is 2. The lowest BCUT2D eigenvalue weighted by atomic mass is 9.82. The van der Waals surface area contributed by atoms with Crippen molar-refractivity contribution in [2.24, 2.45) is 5.41 Å². The van der Waals surface area contributed by atoms with Crippen LogP contribution in [0.1, 0.15) is 63.4 Å². The molecule has 174 valence electrons. The molecular formula is C28H32BrNO3. The highest BCUT2D eigenvalue weighted by molar-refractivity contribution is 9.10. The number of para-hydroxylation sites is 1. The quantitative estimate of drug-likeness (QED) is 0.310. The highest BCUT2D eigenvalue weighted by Crippen LogP contribution is 2.52. The van der Waals surface area contributed by atoms with Crippen molar-refractivity contribution < 1.29 is 14.3 Å². The maximum atomic E-state index is 12.9. The van der Waals surface area contributed by atoms with Gasteiger partial charge in [-0.25, -0.2) is 0 Å². The third-order valence-corrected chi connectivity index (χ3v) is 8.13. The van der Waals surface area contributed by atoms with Gasteiger partial charge in [-0.2, -0.15) is 0 Å². The van der Waals surface area contributed by atoms with Gasteiger partial charge in [0.25, 0.3) is 0 Å². The van der Waals surface area contributed by atoms with E-state index in [1.54, 1.807) is 7.11 Å². The minimum Gasteiger partial charge on any atom is -0.497 e. The number of rotatable bonds is 7. The van der Waals surface area contributed by atoms with Crippen LogP contribution in [0, 0.1) is 5.41 Å². The van der Waals surface area contributed by atoms with E-state index in [0.717, 1.165) is 28.6 Å². The monoisotopic (exact) mass is 509 g/mol. The lowest BCUT2D eigenvalue weighted by Gasteiger charge is -2.25. The maximum absolute atomic E-state index is 12.9. The molecule has 1 heterocycles. The molecule has 0 saturated heterocycles. The minimum atomic E-state index is -0.407. The van der Waals surface area contributed by atoms with E-state index < -0.39 is 5.41 Å². The van der Waals surface area contributed by atoms with Gasteiger partial charge < -0.3 is 14.0 Å². The molecule has 5 heteroatoms. The molecule has 5 rings (SSSR count). The second-order valence-corrected chi connectivity index (χ2v) is 10.4. The standard InChI is InChI=1S/C28H32BrNO3/c1-3-33-27(31)28(15-16-28)18-30-24-12-8-7-11-22(24)25(19-9-5-4-6-10-19)26(30)21-14-13-20(32-2)17-23(21)29/h7-8,11-14,17,19H,3-6,9-10,15-16,18H2,1-2H3. The van der Waals surface area contributed by atoms with Crippen molar-refractivity contribution in [3.8, 4) is 17.0 Å². The summed E-state index contributed by atoms with van der Waals surface area (Å²) in [5.41, 5.74) is 4.65. The van der Waals surface area contributed by atoms with Gasteiger partial charge in [0, 0.05) is 27.5 Å². The Kier molecular flexibility index (Phi) is 6.26. The summed E-state index contributed by atoms with van der Waals surface area (Å²) in [4.78, 5) is 12.9. The maximum Gasteiger partial charge on any atom is 0.313 e. The van der Waals surface area contributed by atoms with Crippen LogP contribution in [0.2, 0.25) is 0 Å². The number of benzene rings is 2. The molecule has 1 aromatic heterocycles. The van der Waals surface area contributed by atoms with Crippen LogP contribution in [0.5, 0.6) is 5.75 Å². The summed E-state index contributed by atoms with van der Waals surface area (Å²) in [5.74, 6) is 1.31. The second-order valence-electron chi connectivity index (χ2n) is 9.55. The number of carbonyl (C=O) groups excluding carboxylic acids is 1. The number of hydrogen-bond acceptors (Lipinski definition) is 3. The van der Waals surface area contributed by atoms with E-state index in [1.165, 1.54) is 54.3 Å². The fourth-order valence-electron chi connectivity index (χ4n) is 5.57. The van der Waals surface area contributed by atoms with E-state index >= 15 is 0 Å². The van der Waals surface area contributed by atoms with Gasteiger partial charge in [-0.15, -0.1) is 0 Å². The Balaban J connectivity index is 1.73. The highest BCUT2D eigenvalue weighted by Gasteiger charge is 2.52. The smallest absolute Gasteiger partial charge is 0.313 e. The van der Waals surface area contributed by atoms with E-state index in [0.29, 0.717) is 19.1 Å². The lowest BCUT2D eigenvalue weighted by molar-refractivity contribution is -0.150. The minimum absolute atomic E-state index is 0.0539. The molecule has 2 aromatic carbocycles. The predicted octanol–water partition coefficient (Wildman–Crippen LogP) is 7.47. The highest BCUT2D eigenvalue weighted by atomic mass is 79.9. The SMILES string of the molecule is CCOC(=O)C1(Cn2c(-c3ccc(OC)cc3Br)c(C3CCCCC3)c3ccccc32)CC1. The number of fused-ring (bicyclic) bond motifs is 1. The number of halogens is 1. The van der Waals surface area contributed by atoms with Crippen LogP contribution in [-0.4, -0.2) is 24.3 Å². The summed E-state index contributed by atoms with van der Waals surface area (Å²) in [6.07, 6.45) is 8.10. The molecule has 0 amide bonds. The van der Waals surface area contributed by atoms with Crippen LogP contribution < -0.4 is 4.74 Å². The molecule has 0 N–H and O–H groups in total. The zero-order chi connectivity index (χ0) is 23.0. The van der Waals surface area contributed by atoms with Crippen LogP contribution in [0.15, 0.2) is 46.9 Å². The first-order valence-corrected chi connectivity index (χ1v) is 13.0. The molecule has 3 aromatic rings. The Morgan fingerprint density at radius 2 is 1.88 bits per heavy atom. The Bertz CT molecular complexity index is 1170. The van der Waals surface area contributed by atoms with Crippen molar-refractivity contribution in [2.45, 2.75) is 64.3 Å². The van der Waals surface area contributed by atoms with Gasteiger partial charge in [-0.05, 0) is 84.3 Å². The fraction of sp³-hybridized carbons (Fsp3) is 0.464. The molecule has 0 radical (unpaired) electrons. The first-order valence-electron chi connectivity index (χ1n) is 12.2. The Morgan fingerprint density at radius 3 is 2.55 bits per heavy atom. The molecule has 2 aliphatic rings. The molecule has 0 spiro atoms. The predicted molar refractivity (Wildman–Crippen MR) is 136 cm³/mol. The van der Waals surface area contributed by atoms with Crippen molar-refractivity contribution in [1.82, 2.24) is 4.57 Å². The molecular weight excluding hydrogens is 478 g/mol. The van der Waals surface area contributed by atoms with E-state index in [9.17, 15) is 4.79 Å². The molecule has 0 aliphatic heterocycles. The van der Waals surface area contributed by atoms with Crippen LogP contribution in [0.4, 0.5) is 0 Å². The first-order chi connectivity index (χ1) is 16.1. The van der Waals surface area contributed by atoms with Crippen LogP contribution in [0.25, 0.3) is 22.2 Å². The van der Waals surface area contributed by atoms with Gasteiger partial charge in [0.1, 0.15) is 5.75 Å². The summed E-state index contributed by atoms with van der Waals surface area (Å²) in [7, 11) is 1.70. The topological polar surface area (TPSA) is 40.5 Å². The van der Waals surface area contributed by atoms with Crippen molar-refractivity contribution >= 4 is 32.8 Å².